The first-order valence-corrected chi connectivity index (χ1v) is 8.64. The molecule has 2 heterocycles. The van der Waals surface area contributed by atoms with E-state index in [2.05, 4.69) is 14.5 Å². The summed E-state index contributed by atoms with van der Waals surface area (Å²) >= 11 is 0. The highest BCUT2D eigenvalue weighted by Gasteiger charge is 2.23. The minimum atomic E-state index is -0.177. The van der Waals surface area contributed by atoms with Crippen LogP contribution in [0.2, 0.25) is 0 Å². The van der Waals surface area contributed by atoms with E-state index >= 15 is 0 Å². The Balaban J connectivity index is 1.67. The summed E-state index contributed by atoms with van der Waals surface area (Å²) in [6.45, 7) is 6.67. The zero-order valence-corrected chi connectivity index (χ0v) is 14.5. The summed E-state index contributed by atoms with van der Waals surface area (Å²) in [6, 6.07) is 4.99. The fourth-order valence-electron chi connectivity index (χ4n) is 3.44. The zero-order valence-electron chi connectivity index (χ0n) is 14.5. The maximum atomic E-state index is 13.5. The Bertz CT molecular complexity index is 662. The number of benzene rings is 1. The number of likely N-dealkylation sites (tertiary alicyclic amines) is 1. The van der Waals surface area contributed by atoms with Crippen LogP contribution in [0.5, 0.6) is 0 Å². The molecule has 0 unspecified atom stereocenters. The lowest BCUT2D eigenvalue weighted by Gasteiger charge is -2.31. The summed E-state index contributed by atoms with van der Waals surface area (Å²) in [5.41, 5.74) is 2.14. The van der Waals surface area contributed by atoms with Gasteiger partial charge in [0.2, 0.25) is 0 Å². The van der Waals surface area contributed by atoms with Gasteiger partial charge in [-0.2, -0.15) is 0 Å². The number of hydrogen-bond donors (Lipinski definition) is 0. The van der Waals surface area contributed by atoms with Gasteiger partial charge >= 0.3 is 0 Å². The second-order valence-corrected chi connectivity index (χ2v) is 6.59. The number of halogens is 1. The van der Waals surface area contributed by atoms with Crippen molar-refractivity contribution in [3.8, 4) is 0 Å². The summed E-state index contributed by atoms with van der Waals surface area (Å²) in [5, 5.41) is 0. The molecule has 0 saturated carbocycles. The van der Waals surface area contributed by atoms with Crippen LogP contribution in [0.4, 0.5) is 4.39 Å². The Labute approximate surface area is 143 Å². The van der Waals surface area contributed by atoms with Crippen molar-refractivity contribution in [1.29, 1.82) is 0 Å². The van der Waals surface area contributed by atoms with E-state index in [0.29, 0.717) is 12.5 Å². The first-order chi connectivity index (χ1) is 11.7. The molecular formula is C19H26FN3O. The lowest BCUT2D eigenvalue weighted by molar-refractivity contribution is 0.129. The van der Waals surface area contributed by atoms with E-state index in [1.54, 1.807) is 13.2 Å². The minimum absolute atomic E-state index is 0.177. The van der Waals surface area contributed by atoms with Gasteiger partial charge in [0, 0.05) is 38.5 Å². The van der Waals surface area contributed by atoms with E-state index in [4.69, 9.17) is 4.74 Å². The molecule has 1 aliphatic heterocycles. The molecular weight excluding hydrogens is 305 g/mol. The van der Waals surface area contributed by atoms with Crippen molar-refractivity contribution in [3.05, 3.63) is 53.4 Å². The molecule has 0 bridgehead atoms. The molecule has 0 N–H and O–H groups in total. The maximum Gasteiger partial charge on any atom is 0.123 e. The highest BCUT2D eigenvalue weighted by atomic mass is 19.1. The fourth-order valence-corrected chi connectivity index (χ4v) is 3.44. The monoisotopic (exact) mass is 331 g/mol. The van der Waals surface area contributed by atoms with E-state index in [9.17, 15) is 4.39 Å². The first kappa shape index (κ1) is 17.1. The first-order valence-electron chi connectivity index (χ1n) is 8.64. The third-order valence-corrected chi connectivity index (χ3v) is 4.96. The van der Waals surface area contributed by atoms with Gasteiger partial charge in [-0.1, -0.05) is 6.07 Å². The topological polar surface area (TPSA) is 30.3 Å². The molecule has 0 spiro atoms. The minimum Gasteiger partial charge on any atom is -0.383 e. The molecule has 1 fully saturated rings. The molecule has 0 radical (unpaired) electrons. The molecule has 3 rings (SSSR count). The van der Waals surface area contributed by atoms with Gasteiger partial charge in [-0.05, 0) is 56.1 Å². The van der Waals surface area contributed by atoms with E-state index in [1.165, 1.54) is 6.07 Å². The van der Waals surface area contributed by atoms with Crippen LogP contribution in [-0.4, -0.2) is 47.8 Å². The van der Waals surface area contributed by atoms with E-state index in [0.717, 1.165) is 56.0 Å². The molecule has 24 heavy (non-hydrogen) atoms. The Morgan fingerprint density at radius 3 is 2.83 bits per heavy atom. The molecule has 2 aromatic rings. The van der Waals surface area contributed by atoms with Gasteiger partial charge < -0.3 is 14.2 Å². The van der Waals surface area contributed by atoms with E-state index < -0.39 is 0 Å². The van der Waals surface area contributed by atoms with Crippen LogP contribution >= 0.6 is 0 Å². The number of aromatic nitrogens is 2. The normalized spacial score (nSPS) is 16.6. The summed E-state index contributed by atoms with van der Waals surface area (Å²) in [6.07, 6.45) is 6.10. The molecule has 5 heteroatoms. The number of hydrogen-bond acceptors (Lipinski definition) is 3. The highest BCUT2D eigenvalue weighted by molar-refractivity contribution is 5.27. The Kier molecular flexibility index (Phi) is 5.63. The van der Waals surface area contributed by atoms with Gasteiger partial charge in [-0.15, -0.1) is 0 Å². The number of aryl methyl sites for hydroxylation is 1. The number of imidazole rings is 1. The summed E-state index contributed by atoms with van der Waals surface area (Å²) in [5.74, 6) is 1.43. The van der Waals surface area contributed by atoms with Gasteiger partial charge in [-0.3, -0.25) is 0 Å². The van der Waals surface area contributed by atoms with Gasteiger partial charge in [0.1, 0.15) is 11.6 Å². The van der Waals surface area contributed by atoms with Crippen molar-refractivity contribution in [1.82, 2.24) is 14.5 Å². The van der Waals surface area contributed by atoms with Crippen LogP contribution in [0.1, 0.15) is 35.7 Å². The maximum absolute atomic E-state index is 13.5. The van der Waals surface area contributed by atoms with E-state index in [1.807, 2.05) is 25.4 Å². The third-order valence-electron chi connectivity index (χ3n) is 4.96. The van der Waals surface area contributed by atoms with Gasteiger partial charge in [0.15, 0.2) is 0 Å². The van der Waals surface area contributed by atoms with Gasteiger partial charge in [0.25, 0.3) is 0 Å². The van der Waals surface area contributed by atoms with Crippen molar-refractivity contribution >= 4 is 0 Å². The highest BCUT2D eigenvalue weighted by Crippen LogP contribution is 2.27. The number of methoxy groups -OCH3 is 1. The SMILES string of the molecule is COCCN1CCC(c2nccn2Cc2cc(F)ccc2C)CC1. The fraction of sp³-hybridized carbons (Fsp3) is 0.526. The van der Waals surface area contributed by atoms with Crippen LogP contribution in [0.3, 0.4) is 0 Å². The molecule has 4 nitrogen and oxygen atoms in total. The van der Waals surface area contributed by atoms with Crippen molar-refractivity contribution in [2.75, 3.05) is 33.4 Å². The Morgan fingerprint density at radius 2 is 2.08 bits per heavy atom. The molecule has 1 aliphatic rings. The van der Waals surface area contributed by atoms with Crippen molar-refractivity contribution in [3.63, 3.8) is 0 Å². The largest absolute Gasteiger partial charge is 0.383 e. The van der Waals surface area contributed by atoms with Crippen LogP contribution in [0, 0.1) is 12.7 Å². The third kappa shape index (κ3) is 4.02. The predicted octanol–water partition coefficient (Wildman–Crippen LogP) is 3.20. The van der Waals surface area contributed by atoms with Gasteiger partial charge in [0.05, 0.1) is 6.61 Å². The van der Waals surface area contributed by atoms with Crippen molar-refractivity contribution in [2.45, 2.75) is 32.2 Å². The second-order valence-electron chi connectivity index (χ2n) is 6.59. The molecule has 1 aromatic carbocycles. The van der Waals surface area contributed by atoms with Crippen LogP contribution < -0.4 is 0 Å². The number of rotatable bonds is 6. The molecule has 130 valence electrons. The molecule has 1 saturated heterocycles. The summed E-state index contributed by atoms with van der Waals surface area (Å²) in [7, 11) is 1.75. The average molecular weight is 331 g/mol. The van der Waals surface area contributed by atoms with Crippen LogP contribution in [0.15, 0.2) is 30.6 Å². The van der Waals surface area contributed by atoms with Crippen LogP contribution in [0.25, 0.3) is 0 Å². The molecule has 0 amide bonds. The van der Waals surface area contributed by atoms with Crippen molar-refractivity contribution < 1.29 is 9.13 Å². The number of piperidine rings is 1. The molecule has 0 aliphatic carbocycles. The Hall–Kier alpha value is -1.72. The quantitative estimate of drug-likeness (QED) is 0.814. The molecule has 0 atom stereocenters. The van der Waals surface area contributed by atoms with E-state index in [-0.39, 0.29) is 5.82 Å². The second kappa shape index (κ2) is 7.90. The molecule has 1 aromatic heterocycles. The average Bonchev–Trinajstić information content (AvgIpc) is 3.05. The van der Waals surface area contributed by atoms with Crippen molar-refractivity contribution in [2.24, 2.45) is 0 Å². The predicted molar refractivity (Wildman–Crippen MR) is 92.8 cm³/mol. The standard InChI is InChI=1S/C19H26FN3O/c1-15-3-4-18(20)13-17(15)14-23-10-7-21-19(23)16-5-8-22(9-6-16)11-12-24-2/h3-4,7,10,13,16H,5-6,8-9,11-12,14H2,1-2H3. The summed E-state index contributed by atoms with van der Waals surface area (Å²) < 4.78 is 20.9. The Morgan fingerprint density at radius 1 is 1.29 bits per heavy atom. The van der Waals surface area contributed by atoms with Crippen LogP contribution in [-0.2, 0) is 11.3 Å². The number of ether oxygens (including phenoxy) is 1. The lowest BCUT2D eigenvalue weighted by Crippen LogP contribution is -2.35. The lowest BCUT2D eigenvalue weighted by atomic mass is 9.95. The number of nitrogens with zero attached hydrogens (tertiary/aromatic N) is 3. The smallest absolute Gasteiger partial charge is 0.123 e. The zero-order chi connectivity index (χ0) is 16.9. The summed E-state index contributed by atoms with van der Waals surface area (Å²) in [4.78, 5) is 7.05. The van der Waals surface area contributed by atoms with Gasteiger partial charge in [-0.25, -0.2) is 9.37 Å².